The van der Waals surface area contributed by atoms with E-state index < -0.39 is 0 Å². The second-order valence-electron chi connectivity index (χ2n) is 7.89. The van der Waals surface area contributed by atoms with Crippen molar-refractivity contribution < 1.29 is 18.8 Å². The average Bonchev–Trinajstić information content (AvgIpc) is 3.09. The molecule has 1 aliphatic rings. The van der Waals surface area contributed by atoms with E-state index in [1.54, 1.807) is 16.8 Å². The normalized spacial score (nSPS) is 14.6. The number of amides is 1. The lowest BCUT2D eigenvalue weighted by molar-refractivity contribution is -0.903. The van der Waals surface area contributed by atoms with Crippen LogP contribution in [0.1, 0.15) is 21.7 Å². The largest absolute Gasteiger partial charge is 0.488 e. The van der Waals surface area contributed by atoms with Crippen LogP contribution in [-0.4, -0.2) is 59.9 Å². The maximum atomic E-state index is 13.3. The van der Waals surface area contributed by atoms with Crippen molar-refractivity contribution in [3.63, 3.8) is 0 Å². The Morgan fingerprint density at radius 3 is 2.42 bits per heavy atom. The molecule has 1 fully saturated rings. The second-order valence-corrected chi connectivity index (χ2v) is 7.89. The number of nitrogens with zero attached hydrogens (tertiary/aromatic N) is 3. The third-order valence-electron chi connectivity index (χ3n) is 5.80. The minimum Gasteiger partial charge on any atom is -0.488 e. The van der Waals surface area contributed by atoms with Crippen LogP contribution in [0.5, 0.6) is 5.75 Å². The summed E-state index contributed by atoms with van der Waals surface area (Å²) in [5, 5.41) is 4.54. The number of hydrogen-bond donors (Lipinski definition) is 1. The average molecular weight is 424 g/mol. The minimum absolute atomic E-state index is 0.0166. The predicted molar refractivity (Wildman–Crippen MR) is 116 cm³/mol. The summed E-state index contributed by atoms with van der Waals surface area (Å²) in [6.45, 7) is 8.53. The molecular formula is C24H28FN4O2+. The molecule has 0 atom stereocenters. The number of carbonyl (C=O) groups excluding carboxylic acids is 1. The fourth-order valence-electron chi connectivity index (χ4n) is 4.05. The number of para-hydroxylation sites is 1. The molecule has 1 aromatic heterocycles. The van der Waals surface area contributed by atoms with Crippen LogP contribution in [0, 0.1) is 19.7 Å². The molecule has 6 nitrogen and oxygen atoms in total. The van der Waals surface area contributed by atoms with Crippen molar-refractivity contribution >= 4 is 5.91 Å². The van der Waals surface area contributed by atoms with Gasteiger partial charge in [0, 0.05) is 0 Å². The molecule has 0 radical (unpaired) electrons. The number of hydrogen-bond acceptors (Lipinski definition) is 3. The van der Waals surface area contributed by atoms with E-state index in [4.69, 9.17) is 4.74 Å². The van der Waals surface area contributed by atoms with E-state index in [0.29, 0.717) is 31.0 Å². The maximum absolute atomic E-state index is 13.3. The number of aryl methyl sites for hydroxylation is 1. The topological polar surface area (TPSA) is 51.8 Å². The number of carbonyl (C=O) groups is 1. The van der Waals surface area contributed by atoms with Crippen LogP contribution in [0.4, 0.5) is 4.39 Å². The van der Waals surface area contributed by atoms with E-state index >= 15 is 0 Å². The van der Waals surface area contributed by atoms with Crippen molar-refractivity contribution in [1.82, 2.24) is 14.7 Å². The molecule has 0 unspecified atom stereocenters. The summed E-state index contributed by atoms with van der Waals surface area (Å²) in [6, 6.07) is 16.0. The van der Waals surface area contributed by atoms with E-state index in [1.807, 2.05) is 49.1 Å². The summed E-state index contributed by atoms with van der Waals surface area (Å²) in [5.41, 5.74) is 2.85. The van der Waals surface area contributed by atoms with Gasteiger partial charge in [-0.25, -0.2) is 9.07 Å². The van der Waals surface area contributed by atoms with Crippen molar-refractivity contribution in [3.05, 3.63) is 77.4 Å². The van der Waals surface area contributed by atoms with Gasteiger partial charge in [0.05, 0.1) is 48.8 Å². The highest BCUT2D eigenvalue weighted by Crippen LogP contribution is 2.20. The molecule has 0 spiro atoms. The minimum atomic E-state index is -0.295. The smallest absolute Gasteiger partial charge is 0.258 e. The fourth-order valence-corrected chi connectivity index (χ4v) is 4.05. The first kappa shape index (κ1) is 21.1. The summed E-state index contributed by atoms with van der Waals surface area (Å²) in [6.07, 6.45) is 0. The van der Waals surface area contributed by atoms with Crippen LogP contribution in [0.25, 0.3) is 5.69 Å². The van der Waals surface area contributed by atoms with E-state index in [1.165, 1.54) is 17.0 Å². The summed E-state index contributed by atoms with van der Waals surface area (Å²) < 4.78 is 20.8. The number of halogens is 1. The van der Waals surface area contributed by atoms with E-state index in [-0.39, 0.29) is 11.7 Å². The first-order valence-corrected chi connectivity index (χ1v) is 10.7. The molecule has 2 aromatic carbocycles. The van der Waals surface area contributed by atoms with Gasteiger partial charge >= 0.3 is 0 Å². The van der Waals surface area contributed by atoms with Crippen LogP contribution in [-0.2, 0) is 0 Å². The first-order chi connectivity index (χ1) is 15.0. The Kier molecular flexibility index (Phi) is 6.32. The first-order valence-electron chi connectivity index (χ1n) is 10.7. The fraction of sp³-hybridized carbons (Fsp3) is 0.333. The molecule has 7 heteroatoms. The van der Waals surface area contributed by atoms with Gasteiger partial charge in [0.2, 0.25) is 0 Å². The molecule has 0 aliphatic carbocycles. The van der Waals surface area contributed by atoms with Crippen molar-refractivity contribution in [2.45, 2.75) is 13.8 Å². The Morgan fingerprint density at radius 1 is 1.06 bits per heavy atom. The lowest BCUT2D eigenvalue weighted by atomic mass is 10.1. The number of quaternary nitrogens is 1. The van der Waals surface area contributed by atoms with Gasteiger partial charge in [0.25, 0.3) is 5.91 Å². The molecule has 1 amide bonds. The number of benzene rings is 2. The number of ether oxygens (including phenoxy) is 1. The van der Waals surface area contributed by atoms with Crippen molar-refractivity contribution in [1.29, 1.82) is 0 Å². The van der Waals surface area contributed by atoms with Crippen LogP contribution in [0.2, 0.25) is 0 Å². The molecule has 0 bridgehead atoms. The van der Waals surface area contributed by atoms with Gasteiger partial charge in [0.1, 0.15) is 24.7 Å². The zero-order valence-corrected chi connectivity index (χ0v) is 18.0. The van der Waals surface area contributed by atoms with Gasteiger partial charge in [-0.2, -0.15) is 5.10 Å². The van der Waals surface area contributed by atoms with Crippen molar-refractivity contribution in [3.8, 4) is 11.4 Å². The molecule has 2 heterocycles. The van der Waals surface area contributed by atoms with E-state index in [2.05, 4.69) is 5.10 Å². The number of aromatic nitrogens is 2. The number of piperazine rings is 1. The van der Waals surface area contributed by atoms with Crippen LogP contribution < -0.4 is 9.64 Å². The van der Waals surface area contributed by atoms with Crippen molar-refractivity contribution in [2.75, 3.05) is 39.3 Å². The van der Waals surface area contributed by atoms with Gasteiger partial charge < -0.3 is 14.5 Å². The highest BCUT2D eigenvalue weighted by molar-refractivity contribution is 5.96. The van der Waals surface area contributed by atoms with Gasteiger partial charge in [-0.1, -0.05) is 18.2 Å². The Labute approximate surface area is 181 Å². The standard InChI is InChI=1S/C24H27FN4O2/c1-18-23(19(2)29(26-18)21-10-8-20(25)9-11-21)24(30)28-14-12-27(13-15-28)16-17-31-22-6-4-3-5-7-22/h3-11H,12-17H2,1-2H3/p+1. The second kappa shape index (κ2) is 9.31. The third kappa shape index (κ3) is 4.77. The van der Waals surface area contributed by atoms with Gasteiger partial charge in [0.15, 0.2) is 0 Å². The Hall–Kier alpha value is -3.19. The Balaban J connectivity index is 1.35. The monoisotopic (exact) mass is 423 g/mol. The Morgan fingerprint density at radius 2 is 1.74 bits per heavy atom. The lowest BCUT2D eigenvalue weighted by Crippen LogP contribution is -3.15. The zero-order chi connectivity index (χ0) is 21.8. The molecule has 0 saturated carbocycles. The lowest BCUT2D eigenvalue weighted by Gasteiger charge is -2.32. The van der Waals surface area contributed by atoms with E-state index in [0.717, 1.165) is 36.8 Å². The quantitative estimate of drug-likeness (QED) is 0.660. The highest BCUT2D eigenvalue weighted by atomic mass is 19.1. The molecule has 31 heavy (non-hydrogen) atoms. The van der Waals surface area contributed by atoms with Gasteiger partial charge in [-0.3, -0.25) is 4.79 Å². The summed E-state index contributed by atoms with van der Waals surface area (Å²) >= 11 is 0. The molecule has 1 saturated heterocycles. The highest BCUT2D eigenvalue weighted by Gasteiger charge is 2.28. The number of nitrogens with one attached hydrogen (secondary N) is 1. The molecule has 1 N–H and O–H groups in total. The SMILES string of the molecule is Cc1nn(-c2ccc(F)cc2)c(C)c1C(=O)N1CC[NH+](CCOc2ccccc2)CC1. The van der Waals surface area contributed by atoms with Gasteiger partial charge in [-0.15, -0.1) is 0 Å². The molecule has 162 valence electrons. The molecular weight excluding hydrogens is 395 g/mol. The van der Waals surface area contributed by atoms with Crippen molar-refractivity contribution in [2.24, 2.45) is 0 Å². The zero-order valence-electron chi connectivity index (χ0n) is 18.0. The summed E-state index contributed by atoms with van der Waals surface area (Å²) in [4.78, 5) is 16.6. The summed E-state index contributed by atoms with van der Waals surface area (Å²) in [7, 11) is 0. The molecule has 3 aromatic rings. The third-order valence-corrected chi connectivity index (χ3v) is 5.80. The van der Waals surface area contributed by atoms with Crippen LogP contribution in [0.3, 0.4) is 0 Å². The maximum Gasteiger partial charge on any atom is 0.258 e. The Bertz CT molecular complexity index is 1030. The molecule has 1 aliphatic heterocycles. The van der Waals surface area contributed by atoms with Crippen LogP contribution in [0.15, 0.2) is 54.6 Å². The van der Waals surface area contributed by atoms with Crippen LogP contribution >= 0.6 is 0 Å². The summed E-state index contributed by atoms with van der Waals surface area (Å²) in [5.74, 6) is 0.610. The molecule has 4 rings (SSSR count). The predicted octanol–water partition coefficient (Wildman–Crippen LogP) is 2.05. The van der Waals surface area contributed by atoms with Gasteiger partial charge in [-0.05, 0) is 50.2 Å². The van der Waals surface area contributed by atoms with E-state index in [9.17, 15) is 9.18 Å². The number of rotatable bonds is 6.